The first-order valence-electron chi connectivity index (χ1n) is 7.80. The summed E-state index contributed by atoms with van der Waals surface area (Å²) in [5.41, 5.74) is -0.716. The Labute approximate surface area is 175 Å². The molecule has 0 amide bonds. The van der Waals surface area contributed by atoms with Gasteiger partial charge in [-0.05, 0) is 0 Å². The minimum atomic E-state index is -4.04. The topological polar surface area (TPSA) is 158 Å². The number of hydrogen-bond acceptors (Lipinski definition) is 12. The van der Waals surface area contributed by atoms with Gasteiger partial charge in [-0.1, -0.05) is 0 Å². The summed E-state index contributed by atoms with van der Waals surface area (Å²) in [6.07, 6.45) is -1.50. The fourth-order valence-electron chi connectivity index (χ4n) is 1.84. The molecule has 2 fully saturated rings. The summed E-state index contributed by atoms with van der Waals surface area (Å²) in [6, 6.07) is 0. The number of hydrogen-bond donors (Lipinski definition) is 0. The van der Waals surface area contributed by atoms with Gasteiger partial charge < -0.3 is 0 Å². The van der Waals surface area contributed by atoms with Crippen molar-refractivity contribution in [2.24, 2.45) is 0 Å². The third kappa shape index (κ3) is 6.70. The Morgan fingerprint density at radius 3 is 1.76 bits per heavy atom. The van der Waals surface area contributed by atoms with Crippen molar-refractivity contribution in [3.63, 3.8) is 0 Å². The Bertz CT molecular complexity index is 844. The fourth-order valence-corrected chi connectivity index (χ4v) is 6.47. The van der Waals surface area contributed by atoms with Crippen LogP contribution in [-0.2, 0) is 49.9 Å². The van der Waals surface area contributed by atoms with Crippen LogP contribution >= 0.6 is 0 Å². The average Bonchev–Trinajstić information content (AvgIpc) is 2.79. The molecule has 12 nitrogen and oxygen atoms in total. The third-order valence-electron chi connectivity index (χ3n) is 3.23. The fraction of sp³-hybridized carbons (Fsp3) is 0.200. The minimum absolute atomic E-state index is 0.144. The van der Waals surface area contributed by atoms with E-state index in [1.807, 2.05) is 0 Å². The van der Waals surface area contributed by atoms with Crippen LogP contribution in [0.5, 0.6) is 0 Å². The van der Waals surface area contributed by atoms with Gasteiger partial charge in [0.25, 0.3) is 0 Å². The van der Waals surface area contributed by atoms with Gasteiger partial charge in [0.1, 0.15) is 0 Å². The zero-order valence-electron chi connectivity index (χ0n) is 14.8. The standard InChI is InChI=1S/3C5H6O4.2Ga/c3*1-3(5(8)9)2-4(6)7;;/h3*1-2H2,(H,6,7)(H,8,9);;/q;;;2*+3/p-6. The van der Waals surface area contributed by atoms with E-state index >= 15 is 0 Å². The molecule has 0 atom stereocenters. The van der Waals surface area contributed by atoms with Crippen molar-refractivity contribution in [1.82, 2.24) is 0 Å². The summed E-state index contributed by atoms with van der Waals surface area (Å²) in [7, 11) is 0. The summed E-state index contributed by atoms with van der Waals surface area (Å²) in [5, 5.41) is 0. The Balaban J connectivity index is 1.88. The van der Waals surface area contributed by atoms with E-state index in [2.05, 4.69) is 19.7 Å². The van der Waals surface area contributed by atoms with Gasteiger partial charge in [0.2, 0.25) is 0 Å². The monoisotopic (exact) mass is 522 g/mol. The average molecular weight is 524 g/mol. The Morgan fingerprint density at radius 1 is 0.828 bits per heavy atom. The summed E-state index contributed by atoms with van der Waals surface area (Å²) in [6.45, 7) is 10.0. The second-order valence-corrected chi connectivity index (χ2v) is 11.0. The van der Waals surface area contributed by atoms with Crippen LogP contribution in [0.25, 0.3) is 0 Å². The Hall–Kier alpha value is -2.69. The molecule has 2 aliphatic heterocycles. The van der Waals surface area contributed by atoms with Gasteiger partial charge in [0.05, 0.1) is 0 Å². The van der Waals surface area contributed by atoms with Crippen LogP contribution in [-0.4, -0.2) is 70.4 Å². The van der Waals surface area contributed by atoms with Crippen LogP contribution in [0.1, 0.15) is 19.3 Å². The Morgan fingerprint density at radius 2 is 1.28 bits per heavy atom. The van der Waals surface area contributed by atoms with Crippen molar-refractivity contribution in [2.75, 3.05) is 0 Å². The predicted molar refractivity (Wildman–Crippen MR) is 89.3 cm³/mol. The zero-order valence-corrected chi connectivity index (χ0v) is 19.6. The van der Waals surface area contributed by atoms with Gasteiger partial charge in [0.15, 0.2) is 0 Å². The van der Waals surface area contributed by atoms with E-state index in [-0.39, 0.29) is 11.1 Å². The van der Waals surface area contributed by atoms with Gasteiger partial charge in [-0.25, -0.2) is 0 Å². The van der Waals surface area contributed by atoms with E-state index in [0.29, 0.717) is 0 Å². The summed E-state index contributed by atoms with van der Waals surface area (Å²) < 4.78 is 28.8. The summed E-state index contributed by atoms with van der Waals surface area (Å²) in [4.78, 5) is 69.9. The molecular weight excluding hydrogens is 512 g/mol. The number of rotatable bonds is 5. The van der Waals surface area contributed by atoms with E-state index in [1.54, 1.807) is 0 Å². The first-order valence-corrected chi connectivity index (χ1v) is 13.7. The van der Waals surface area contributed by atoms with Crippen molar-refractivity contribution in [1.29, 1.82) is 0 Å². The molecule has 150 valence electrons. The van der Waals surface area contributed by atoms with Crippen LogP contribution in [0.2, 0.25) is 0 Å². The molecule has 0 saturated carbocycles. The SMILES string of the molecule is C=C1CC(=O)[O][Ga]([O]C(=O)CC(=C)C(=O)[O][Ga]2[O]C(=O)CC(=C)C(=O)[O]2)[O]C1=O. The first kappa shape index (κ1) is 22.6. The second kappa shape index (κ2) is 9.68. The van der Waals surface area contributed by atoms with Gasteiger partial charge in [-0.3, -0.25) is 0 Å². The molecule has 0 bridgehead atoms. The quantitative estimate of drug-likeness (QED) is 0.323. The molecule has 2 rings (SSSR count). The molecule has 0 aromatic carbocycles. The van der Waals surface area contributed by atoms with Gasteiger partial charge in [0, 0.05) is 0 Å². The van der Waals surface area contributed by atoms with E-state index in [1.165, 1.54) is 0 Å². The zero-order chi connectivity index (χ0) is 21.7. The van der Waals surface area contributed by atoms with Crippen LogP contribution in [0.15, 0.2) is 36.5 Å². The van der Waals surface area contributed by atoms with Crippen molar-refractivity contribution >= 4 is 70.4 Å². The van der Waals surface area contributed by atoms with Crippen LogP contribution in [0, 0.1) is 0 Å². The maximum atomic E-state index is 12.0. The molecule has 0 radical (unpaired) electrons. The van der Waals surface area contributed by atoms with E-state index in [0.717, 1.165) is 0 Å². The van der Waals surface area contributed by atoms with E-state index in [9.17, 15) is 28.8 Å². The predicted octanol–water partition coefficient (Wildman–Crippen LogP) is -0.919. The molecular formula is C15H12Ga2O12. The van der Waals surface area contributed by atoms with Crippen LogP contribution in [0.4, 0.5) is 0 Å². The molecule has 0 aromatic heterocycles. The molecule has 2 heterocycles. The van der Waals surface area contributed by atoms with Crippen LogP contribution < -0.4 is 0 Å². The molecule has 29 heavy (non-hydrogen) atoms. The van der Waals surface area contributed by atoms with Crippen molar-refractivity contribution in [2.45, 2.75) is 19.3 Å². The van der Waals surface area contributed by atoms with E-state index < -0.39 is 95.3 Å². The van der Waals surface area contributed by atoms with Crippen molar-refractivity contribution in [3.8, 4) is 0 Å². The molecule has 0 aromatic rings. The number of carbonyl (C=O) groups excluding carboxylic acids is 6. The molecule has 2 aliphatic rings. The van der Waals surface area contributed by atoms with Crippen molar-refractivity contribution < 1.29 is 49.9 Å². The maximum absolute atomic E-state index is 12.0. The molecule has 14 heteroatoms. The first-order chi connectivity index (χ1) is 13.5. The van der Waals surface area contributed by atoms with Gasteiger partial charge in [-0.2, -0.15) is 0 Å². The number of carbonyl (C=O) groups is 6. The molecule has 0 N–H and O–H groups in total. The summed E-state index contributed by atoms with van der Waals surface area (Å²) in [5.74, 6) is -5.74. The van der Waals surface area contributed by atoms with Gasteiger partial charge >= 0.3 is 176 Å². The Kier molecular flexibility index (Phi) is 7.54. The normalized spacial score (nSPS) is 17.2. The van der Waals surface area contributed by atoms with Crippen LogP contribution in [0.3, 0.4) is 0 Å². The third-order valence-corrected chi connectivity index (χ3v) is 8.66. The molecule has 0 aliphatic carbocycles. The molecule has 0 spiro atoms. The van der Waals surface area contributed by atoms with Crippen molar-refractivity contribution in [3.05, 3.63) is 36.5 Å². The summed E-state index contributed by atoms with van der Waals surface area (Å²) >= 11 is -8.06. The molecule has 0 unspecified atom stereocenters. The second-order valence-electron chi connectivity index (χ2n) is 5.60. The molecule has 2 saturated heterocycles. The van der Waals surface area contributed by atoms with E-state index in [4.69, 9.17) is 21.2 Å². The van der Waals surface area contributed by atoms with Gasteiger partial charge in [-0.15, -0.1) is 0 Å².